The molecule has 0 aliphatic carbocycles. The van der Waals surface area contributed by atoms with Crippen molar-refractivity contribution in [3.63, 3.8) is 0 Å². The Bertz CT molecular complexity index is 581. The fourth-order valence-corrected chi connectivity index (χ4v) is 1.92. The van der Waals surface area contributed by atoms with Gasteiger partial charge in [0.05, 0.1) is 11.6 Å². The highest BCUT2D eigenvalue weighted by Crippen LogP contribution is 2.35. The molecule has 0 saturated carbocycles. The summed E-state index contributed by atoms with van der Waals surface area (Å²) in [6, 6.07) is 5.00. The molecular formula is C13H11F4N3. The fourth-order valence-electron chi connectivity index (χ4n) is 1.92. The van der Waals surface area contributed by atoms with Crippen molar-refractivity contribution in [1.82, 2.24) is 10.4 Å². The smallest absolute Gasteiger partial charge is 0.271 e. The first-order valence-corrected chi connectivity index (χ1v) is 5.66. The molecule has 0 aliphatic rings. The van der Waals surface area contributed by atoms with Gasteiger partial charge >= 0.3 is 6.18 Å². The number of hydrogen-bond donors (Lipinski definition) is 2. The quantitative estimate of drug-likeness (QED) is 0.518. The molecule has 3 nitrogen and oxygen atoms in total. The molecule has 2 aromatic rings. The predicted molar refractivity (Wildman–Crippen MR) is 64.8 cm³/mol. The van der Waals surface area contributed by atoms with Crippen LogP contribution in [0.3, 0.4) is 0 Å². The molecule has 1 unspecified atom stereocenters. The number of rotatable bonds is 3. The van der Waals surface area contributed by atoms with E-state index in [1.807, 2.05) is 0 Å². The van der Waals surface area contributed by atoms with Gasteiger partial charge in [-0.25, -0.2) is 9.82 Å². The van der Waals surface area contributed by atoms with E-state index in [1.165, 1.54) is 12.1 Å². The highest BCUT2D eigenvalue weighted by Gasteiger charge is 2.35. The van der Waals surface area contributed by atoms with E-state index in [1.54, 1.807) is 0 Å². The summed E-state index contributed by atoms with van der Waals surface area (Å²) in [4.78, 5) is 3.70. The molecule has 1 aromatic heterocycles. The first kappa shape index (κ1) is 14.4. The Morgan fingerprint density at radius 3 is 2.30 bits per heavy atom. The molecule has 0 fully saturated rings. The number of pyridine rings is 1. The molecule has 106 valence electrons. The van der Waals surface area contributed by atoms with E-state index in [2.05, 4.69) is 10.4 Å². The first-order chi connectivity index (χ1) is 9.43. The van der Waals surface area contributed by atoms with E-state index < -0.39 is 23.6 Å². The normalized spacial score (nSPS) is 13.2. The van der Waals surface area contributed by atoms with Crippen LogP contribution in [0, 0.1) is 5.82 Å². The highest BCUT2D eigenvalue weighted by molar-refractivity contribution is 5.36. The maximum absolute atomic E-state index is 13.0. The number of hydrazine groups is 1. The second-order valence-electron chi connectivity index (χ2n) is 4.11. The number of aromatic nitrogens is 1. The molecule has 20 heavy (non-hydrogen) atoms. The van der Waals surface area contributed by atoms with E-state index in [0.717, 1.165) is 30.6 Å². The SMILES string of the molecule is NNC(c1ccc(F)cc1)c1cnccc1C(F)(F)F. The van der Waals surface area contributed by atoms with Crippen molar-refractivity contribution in [1.29, 1.82) is 0 Å². The van der Waals surface area contributed by atoms with Gasteiger partial charge in [0.15, 0.2) is 0 Å². The lowest BCUT2D eigenvalue weighted by atomic mass is 9.96. The third-order valence-corrected chi connectivity index (χ3v) is 2.84. The Morgan fingerprint density at radius 1 is 1.10 bits per heavy atom. The minimum absolute atomic E-state index is 0.117. The molecule has 1 aromatic carbocycles. The summed E-state index contributed by atoms with van der Waals surface area (Å²) in [6.07, 6.45) is -2.37. The van der Waals surface area contributed by atoms with Crippen molar-refractivity contribution in [2.45, 2.75) is 12.2 Å². The van der Waals surface area contributed by atoms with E-state index in [-0.39, 0.29) is 5.56 Å². The van der Waals surface area contributed by atoms with Gasteiger partial charge < -0.3 is 0 Å². The van der Waals surface area contributed by atoms with Gasteiger partial charge in [-0.1, -0.05) is 12.1 Å². The van der Waals surface area contributed by atoms with E-state index in [0.29, 0.717) is 5.56 Å². The number of alkyl halides is 3. The molecule has 1 atom stereocenters. The average Bonchev–Trinajstić information content (AvgIpc) is 2.41. The predicted octanol–water partition coefficient (Wildman–Crippen LogP) is 2.79. The summed E-state index contributed by atoms with van der Waals surface area (Å²) >= 11 is 0. The van der Waals surface area contributed by atoms with Crippen molar-refractivity contribution in [2.75, 3.05) is 0 Å². The number of nitrogens with zero attached hydrogens (tertiary/aromatic N) is 1. The molecule has 0 saturated heterocycles. The first-order valence-electron chi connectivity index (χ1n) is 5.66. The van der Waals surface area contributed by atoms with Crippen LogP contribution in [0.4, 0.5) is 17.6 Å². The summed E-state index contributed by atoms with van der Waals surface area (Å²) in [6.45, 7) is 0. The highest BCUT2D eigenvalue weighted by atomic mass is 19.4. The van der Waals surface area contributed by atoms with Crippen molar-refractivity contribution < 1.29 is 17.6 Å². The number of hydrogen-bond acceptors (Lipinski definition) is 3. The summed E-state index contributed by atoms with van der Waals surface area (Å²) in [5.74, 6) is 4.87. The summed E-state index contributed by atoms with van der Waals surface area (Å²) < 4.78 is 51.8. The number of halogens is 4. The molecular weight excluding hydrogens is 274 g/mol. The van der Waals surface area contributed by atoms with E-state index >= 15 is 0 Å². The second kappa shape index (κ2) is 5.56. The zero-order valence-electron chi connectivity index (χ0n) is 10.2. The molecule has 0 bridgehead atoms. The Hall–Kier alpha value is -1.99. The lowest BCUT2D eigenvalue weighted by molar-refractivity contribution is -0.138. The van der Waals surface area contributed by atoms with Crippen molar-refractivity contribution >= 4 is 0 Å². The Labute approximate surface area is 112 Å². The number of nitrogens with one attached hydrogen (secondary N) is 1. The van der Waals surface area contributed by atoms with Crippen molar-refractivity contribution in [3.05, 3.63) is 65.2 Å². The molecule has 0 aliphatic heterocycles. The second-order valence-corrected chi connectivity index (χ2v) is 4.11. The number of nitrogens with two attached hydrogens (primary N) is 1. The Morgan fingerprint density at radius 2 is 1.75 bits per heavy atom. The molecule has 3 N–H and O–H groups in total. The molecule has 0 spiro atoms. The minimum Gasteiger partial charge on any atom is -0.271 e. The van der Waals surface area contributed by atoms with Crippen LogP contribution >= 0.6 is 0 Å². The van der Waals surface area contributed by atoms with Crippen LogP contribution in [-0.4, -0.2) is 4.98 Å². The third kappa shape index (κ3) is 2.94. The van der Waals surface area contributed by atoms with Gasteiger partial charge in [0.2, 0.25) is 0 Å². The fraction of sp³-hybridized carbons (Fsp3) is 0.154. The van der Waals surface area contributed by atoms with E-state index in [4.69, 9.17) is 5.84 Å². The molecule has 1 heterocycles. The monoisotopic (exact) mass is 285 g/mol. The van der Waals surface area contributed by atoms with Crippen molar-refractivity contribution in [3.8, 4) is 0 Å². The zero-order valence-corrected chi connectivity index (χ0v) is 10.2. The van der Waals surface area contributed by atoms with Crippen LogP contribution in [0.25, 0.3) is 0 Å². The lowest BCUT2D eigenvalue weighted by Crippen LogP contribution is -2.30. The van der Waals surface area contributed by atoms with Crippen LogP contribution in [0.1, 0.15) is 22.7 Å². The van der Waals surface area contributed by atoms with Crippen LogP contribution in [0.2, 0.25) is 0 Å². The zero-order chi connectivity index (χ0) is 14.8. The van der Waals surface area contributed by atoms with E-state index in [9.17, 15) is 17.6 Å². The maximum Gasteiger partial charge on any atom is 0.416 e. The van der Waals surface area contributed by atoms with Crippen LogP contribution in [0.15, 0.2) is 42.7 Å². The largest absolute Gasteiger partial charge is 0.416 e. The van der Waals surface area contributed by atoms with Gasteiger partial charge in [-0.2, -0.15) is 13.2 Å². The molecule has 0 amide bonds. The van der Waals surface area contributed by atoms with Gasteiger partial charge in [-0.15, -0.1) is 0 Å². The Balaban J connectivity index is 2.50. The van der Waals surface area contributed by atoms with Crippen LogP contribution < -0.4 is 11.3 Å². The maximum atomic E-state index is 13.0. The topological polar surface area (TPSA) is 50.9 Å². The van der Waals surface area contributed by atoms with Gasteiger partial charge in [-0.3, -0.25) is 10.8 Å². The minimum atomic E-state index is -4.52. The third-order valence-electron chi connectivity index (χ3n) is 2.84. The average molecular weight is 285 g/mol. The molecule has 0 radical (unpaired) electrons. The summed E-state index contributed by atoms with van der Waals surface area (Å²) in [5, 5.41) is 0. The van der Waals surface area contributed by atoms with Crippen LogP contribution in [0.5, 0.6) is 0 Å². The van der Waals surface area contributed by atoms with Crippen LogP contribution in [-0.2, 0) is 6.18 Å². The van der Waals surface area contributed by atoms with Gasteiger partial charge in [-0.05, 0) is 23.8 Å². The summed E-state index contributed by atoms with van der Waals surface area (Å²) in [7, 11) is 0. The van der Waals surface area contributed by atoms with Gasteiger partial charge in [0, 0.05) is 18.0 Å². The summed E-state index contributed by atoms with van der Waals surface area (Å²) in [5.41, 5.74) is 1.76. The molecule has 2 rings (SSSR count). The van der Waals surface area contributed by atoms with Gasteiger partial charge in [0.25, 0.3) is 0 Å². The lowest BCUT2D eigenvalue weighted by Gasteiger charge is -2.20. The Kier molecular flexibility index (Phi) is 4.01. The number of benzene rings is 1. The van der Waals surface area contributed by atoms with Gasteiger partial charge in [0.1, 0.15) is 5.82 Å². The van der Waals surface area contributed by atoms with Crippen molar-refractivity contribution in [2.24, 2.45) is 5.84 Å². The standard InChI is InChI=1S/C13H11F4N3/c14-9-3-1-8(2-4-9)12(20-18)10-7-19-6-5-11(10)13(15,16)17/h1-7,12,20H,18H2. The molecule has 7 heteroatoms.